The predicted octanol–water partition coefficient (Wildman–Crippen LogP) is 4.80. The van der Waals surface area contributed by atoms with Gasteiger partial charge in [0.15, 0.2) is 11.6 Å². The van der Waals surface area contributed by atoms with Gasteiger partial charge >= 0.3 is 0 Å². The first-order valence-corrected chi connectivity index (χ1v) is 6.17. The first-order valence-electron chi connectivity index (χ1n) is 5.25. The Morgan fingerprint density at radius 1 is 0.944 bits per heavy atom. The van der Waals surface area contributed by atoms with Gasteiger partial charge in [0.1, 0.15) is 17.3 Å². The van der Waals surface area contributed by atoms with Crippen LogP contribution in [-0.2, 0) is 0 Å². The topological polar surface area (TPSA) is 13.1 Å². The number of halogens is 4. The Labute approximate surface area is 111 Å². The second-order valence-electron chi connectivity index (χ2n) is 4.02. The van der Waals surface area contributed by atoms with Crippen LogP contribution in [0, 0.1) is 31.3 Å². The molecule has 2 rings (SSSR count). The summed E-state index contributed by atoms with van der Waals surface area (Å²) in [6.07, 6.45) is 0. The molecule has 0 aliphatic rings. The van der Waals surface area contributed by atoms with Gasteiger partial charge in [0, 0.05) is 17.2 Å². The largest absolute Gasteiger partial charge is 0.466 e. The molecule has 96 valence electrons. The molecule has 0 bridgehead atoms. The number of hydrogen-bond donors (Lipinski definition) is 0. The Bertz CT molecular complexity index is 592. The maximum Gasteiger partial charge on any atom is 0.161 e. The Hall–Kier alpha value is -1.23. The molecular formula is C13H10BrF3O. The van der Waals surface area contributed by atoms with Crippen molar-refractivity contribution in [3.63, 3.8) is 0 Å². The van der Waals surface area contributed by atoms with Crippen molar-refractivity contribution in [1.82, 2.24) is 0 Å². The van der Waals surface area contributed by atoms with E-state index in [1.807, 2.05) is 0 Å². The van der Waals surface area contributed by atoms with E-state index in [-0.39, 0.29) is 5.56 Å². The molecule has 0 saturated heterocycles. The van der Waals surface area contributed by atoms with Crippen LogP contribution in [0.2, 0.25) is 0 Å². The molecule has 0 saturated carbocycles. The minimum Gasteiger partial charge on any atom is -0.466 e. The molecular weight excluding hydrogens is 309 g/mol. The summed E-state index contributed by atoms with van der Waals surface area (Å²) < 4.78 is 45.0. The predicted molar refractivity (Wildman–Crippen MR) is 65.3 cm³/mol. The van der Waals surface area contributed by atoms with E-state index >= 15 is 0 Å². The first kappa shape index (κ1) is 13.2. The van der Waals surface area contributed by atoms with E-state index in [9.17, 15) is 13.2 Å². The lowest BCUT2D eigenvalue weighted by Crippen LogP contribution is -2.00. The smallest absolute Gasteiger partial charge is 0.161 e. The highest BCUT2D eigenvalue weighted by molar-refractivity contribution is 9.09. The van der Waals surface area contributed by atoms with E-state index in [4.69, 9.17) is 4.42 Å². The van der Waals surface area contributed by atoms with E-state index in [1.54, 1.807) is 19.9 Å². The van der Waals surface area contributed by atoms with Crippen molar-refractivity contribution in [2.45, 2.75) is 18.7 Å². The van der Waals surface area contributed by atoms with E-state index < -0.39 is 22.3 Å². The highest BCUT2D eigenvalue weighted by Gasteiger charge is 2.21. The van der Waals surface area contributed by atoms with E-state index in [2.05, 4.69) is 15.9 Å². The summed E-state index contributed by atoms with van der Waals surface area (Å²) in [7, 11) is 0. The van der Waals surface area contributed by atoms with E-state index in [0.717, 1.165) is 6.07 Å². The maximum atomic E-state index is 13.6. The van der Waals surface area contributed by atoms with Crippen LogP contribution in [0.5, 0.6) is 0 Å². The highest BCUT2D eigenvalue weighted by atomic mass is 79.9. The molecule has 1 aromatic carbocycles. The molecule has 0 N–H and O–H groups in total. The van der Waals surface area contributed by atoms with Crippen LogP contribution in [0.1, 0.15) is 27.5 Å². The number of alkyl halides is 1. The third-order valence-electron chi connectivity index (χ3n) is 2.67. The SMILES string of the molecule is Cc1cc(C(Br)c2cc(F)c(F)cc2F)c(C)o1. The Kier molecular flexibility index (Phi) is 3.52. The third-order valence-corrected chi connectivity index (χ3v) is 3.65. The maximum absolute atomic E-state index is 13.6. The lowest BCUT2D eigenvalue weighted by molar-refractivity contribution is 0.489. The van der Waals surface area contributed by atoms with Gasteiger partial charge in [0.2, 0.25) is 0 Å². The number of furan rings is 1. The van der Waals surface area contributed by atoms with Gasteiger partial charge < -0.3 is 4.42 Å². The van der Waals surface area contributed by atoms with Gasteiger partial charge in [0.05, 0.1) is 4.83 Å². The second-order valence-corrected chi connectivity index (χ2v) is 4.93. The van der Waals surface area contributed by atoms with Crippen molar-refractivity contribution in [1.29, 1.82) is 0 Å². The van der Waals surface area contributed by atoms with Crippen molar-refractivity contribution >= 4 is 15.9 Å². The van der Waals surface area contributed by atoms with E-state index in [1.165, 1.54) is 0 Å². The average Bonchev–Trinajstić information content (AvgIpc) is 2.62. The third kappa shape index (κ3) is 2.32. The van der Waals surface area contributed by atoms with Crippen molar-refractivity contribution in [3.05, 3.63) is 58.3 Å². The van der Waals surface area contributed by atoms with Gasteiger partial charge in [-0.3, -0.25) is 0 Å². The molecule has 0 aliphatic carbocycles. The van der Waals surface area contributed by atoms with Crippen LogP contribution < -0.4 is 0 Å². The summed E-state index contributed by atoms with van der Waals surface area (Å²) in [5, 5.41) is 0. The van der Waals surface area contributed by atoms with Crippen molar-refractivity contribution in [3.8, 4) is 0 Å². The quantitative estimate of drug-likeness (QED) is 0.572. The lowest BCUT2D eigenvalue weighted by Gasteiger charge is -2.11. The normalized spacial score (nSPS) is 12.8. The van der Waals surface area contributed by atoms with Crippen LogP contribution in [0.25, 0.3) is 0 Å². The van der Waals surface area contributed by atoms with Crippen LogP contribution in [-0.4, -0.2) is 0 Å². The van der Waals surface area contributed by atoms with Crippen molar-refractivity contribution < 1.29 is 17.6 Å². The Balaban J connectivity index is 2.49. The molecule has 0 radical (unpaired) electrons. The molecule has 1 aromatic heterocycles. The van der Waals surface area contributed by atoms with Gasteiger partial charge in [-0.15, -0.1) is 0 Å². The molecule has 1 heterocycles. The summed E-state index contributed by atoms with van der Waals surface area (Å²) >= 11 is 3.28. The fourth-order valence-corrected chi connectivity index (χ4v) is 2.61. The molecule has 1 atom stereocenters. The minimum atomic E-state index is -1.20. The molecule has 1 nitrogen and oxygen atoms in total. The second kappa shape index (κ2) is 4.80. The fourth-order valence-electron chi connectivity index (χ4n) is 1.80. The Morgan fingerprint density at radius 3 is 2.11 bits per heavy atom. The van der Waals surface area contributed by atoms with Crippen LogP contribution in [0.15, 0.2) is 22.6 Å². The molecule has 1 unspecified atom stereocenters. The standard InChI is InChI=1S/C13H10BrF3O/c1-6-3-8(7(2)18-6)13(14)9-4-11(16)12(17)5-10(9)15/h3-5,13H,1-2H3. The number of rotatable bonds is 2. The van der Waals surface area contributed by atoms with Crippen LogP contribution >= 0.6 is 15.9 Å². The number of aryl methyl sites for hydroxylation is 2. The molecule has 2 aromatic rings. The fraction of sp³-hybridized carbons (Fsp3) is 0.231. The molecule has 0 spiro atoms. The van der Waals surface area contributed by atoms with Gasteiger partial charge in [-0.25, -0.2) is 13.2 Å². The van der Waals surface area contributed by atoms with Crippen molar-refractivity contribution in [2.24, 2.45) is 0 Å². The highest BCUT2D eigenvalue weighted by Crippen LogP contribution is 2.36. The van der Waals surface area contributed by atoms with E-state index in [0.29, 0.717) is 23.2 Å². The summed E-state index contributed by atoms with van der Waals surface area (Å²) in [4.78, 5) is -0.579. The zero-order valence-electron chi connectivity index (χ0n) is 9.73. The number of benzene rings is 1. The molecule has 0 amide bonds. The molecule has 5 heteroatoms. The zero-order chi connectivity index (χ0) is 13.4. The zero-order valence-corrected chi connectivity index (χ0v) is 11.3. The van der Waals surface area contributed by atoms with Gasteiger partial charge in [-0.05, 0) is 26.0 Å². The summed E-state index contributed by atoms with van der Waals surface area (Å²) in [5.41, 5.74) is 0.732. The molecule has 0 aliphatic heterocycles. The lowest BCUT2D eigenvalue weighted by atomic mass is 10.0. The molecule has 18 heavy (non-hydrogen) atoms. The van der Waals surface area contributed by atoms with Gasteiger partial charge in [-0.2, -0.15) is 0 Å². The van der Waals surface area contributed by atoms with Crippen molar-refractivity contribution in [2.75, 3.05) is 0 Å². The average molecular weight is 319 g/mol. The van der Waals surface area contributed by atoms with Gasteiger partial charge in [-0.1, -0.05) is 15.9 Å². The van der Waals surface area contributed by atoms with Gasteiger partial charge in [0.25, 0.3) is 0 Å². The molecule has 0 fully saturated rings. The number of hydrogen-bond acceptors (Lipinski definition) is 1. The minimum absolute atomic E-state index is 0.0396. The monoisotopic (exact) mass is 318 g/mol. The Morgan fingerprint density at radius 2 is 1.56 bits per heavy atom. The summed E-state index contributed by atoms with van der Waals surface area (Å²) in [6.45, 7) is 3.49. The summed E-state index contributed by atoms with van der Waals surface area (Å²) in [6, 6.07) is 3.13. The van der Waals surface area contributed by atoms with Crippen LogP contribution in [0.4, 0.5) is 13.2 Å². The van der Waals surface area contributed by atoms with Crippen LogP contribution in [0.3, 0.4) is 0 Å². The summed E-state index contributed by atoms with van der Waals surface area (Å²) in [5.74, 6) is -1.78. The first-order chi connectivity index (χ1) is 8.40.